The Morgan fingerprint density at radius 2 is 1.92 bits per heavy atom. The van der Waals surface area contributed by atoms with Crippen LogP contribution in [-0.4, -0.2) is 36.2 Å². The normalized spacial score (nSPS) is 16.5. The lowest BCUT2D eigenvalue weighted by molar-refractivity contribution is 0.414. The van der Waals surface area contributed by atoms with E-state index < -0.39 is 20.0 Å². The van der Waals surface area contributed by atoms with Gasteiger partial charge in [-0.05, 0) is 55.3 Å². The Morgan fingerprint density at radius 3 is 2.54 bits per heavy atom. The number of nitrogens with one attached hydrogen (secondary N) is 1. The van der Waals surface area contributed by atoms with Crippen LogP contribution in [0.2, 0.25) is 0 Å². The Kier molecular flexibility index (Phi) is 4.85. The minimum absolute atomic E-state index is 0.105. The van der Waals surface area contributed by atoms with Crippen LogP contribution >= 0.6 is 0 Å². The maximum Gasteiger partial charge on any atom is 0.262 e. The lowest BCUT2D eigenvalue weighted by Gasteiger charge is -2.18. The summed E-state index contributed by atoms with van der Waals surface area (Å²) in [7, 11) is -5.62. The Hall–Kier alpha value is -2.26. The molecule has 0 radical (unpaired) electrons. The number of methoxy groups -OCH3 is 1. The highest BCUT2D eigenvalue weighted by molar-refractivity contribution is 7.93. The Labute approximate surface area is 153 Å². The predicted octanol–water partition coefficient (Wildman–Crippen LogP) is 2.34. The summed E-state index contributed by atoms with van der Waals surface area (Å²) >= 11 is 0. The van der Waals surface area contributed by atoms with Crippen molar-refractivity contribution in [2.24, 2.45) is 0 Å². The van der Waals surface area contributed by atoms with E-state index >= 15 is 0 Å². The van der Waals surface area contributed by atoms with E-state index in [0.717, 1.165) is 0 Å². The summed E-state index contributed by atoms with van der Waals surface area (Å²) in [6.07, 6.45) is 0.559. The molecule has 9 heteroatoms. The van der Waals surface area contributed by atoms with Crippen molar-refractivity contribution >= 4 is 31.4 Å². The van der Waals surface area contributed by atoms with Gasteiger partial charge in [0.25, 0.3) is 10.0 Å². The molecule has 1 N–H and O–H groups in total. The summed E-state index contributed by atoms with van der Waals surface area (Å²) in [5.41, 5.74) is 1.31. The van der Waals surface area contributed by atoms with E-state index in [2.05, 4.69) is 4.72 Å². The van der Waals surface area contributed by atoms with Gasteiger partial charge in [-0.2, -0.15) is 0 Å². The highest BCUT2D eigenvalue weighted by atomic mass is 32.2. The summed E-state index contributed by atoms with van der Waals surface area (Å²) in [4.78, 5) is 0.137. The molecule has 0 atom stereocenters. The molecule has 2 aromatic rings. The van der Waals surface area contributed by atoms with Crippen molar-refractivity contribution < 1.29 is 21.6 Å². The molecule has 0 amide bonds. The predicted molar refractivity (Wildman–Crippen MR) is 101 cm³/mol. The third-order valence-electron chi connectivity index (χ3n) is 4.16. The third kappa shape index (κ3) is 3.63. The molecular formula is C17H20N2O5S2. The van der Waals surface area contributed by atoms with Gasteiger partial charge in [0, 0.05) is 6.54 Å². The van der Waals surface area contributed by atoms with Crippen LogP contribution in [0.3, 0.4) is 0 Å². The van der Waals surface area contributed by atoms with Crippen LogP contribution in [0.5, 0.6) is 5.75 Å². The van der Waals surface area contributed by atoms with Crippen LogP contribution in [0, 0.1) is 6.92 Å². The first-order valence-corrected chi connectivity index (χ1v) is 11.1. The van der Waals surface area contributed by atoms with Crippen molar-refractivity contribution in [2.45, 2.75) is 18.2 Å². The standard InChI is InChI=1S/C17H20N2O5S2/c1-13-11-16(24-2)7-8-17(13)26(22,23)18-14-5-3-6-15(12-14)19-9-4-10-25(19,20)21/h3,5-8,11-12,18H,4,9-10H2,1-2H3. The Balaban J connectivity index is 1.90. The fourth-order valence-corrected chi connectivity index (χ4v) is 5.75. The van der Waals surface area contributed by atoms with Gasteiger partial charge < -0.3 is 4.74 Å². The third-order valence-corrected chi connectivity index (χ3v) is 7.57. The molecule has 7 nitrogen and oxygen atoms in total. The van der Waals surface area contributed by atoms with E-state index in [0.29, 0.717) is 35.7 Å². The first-order chi connectivity index (χ1) is 12.2. The molecule has 0 aromatic heterocycles. The van der Waals surface area contributed by atoms with Gasteiger partial charge in [0.2, 0.25) is 10.0 Å². The fourth-order valence-electron chi connectivity index (χ4n) is 2.91. The number of benzene rings is 2. The van der Waals surface area contributed by atoms with Crippen molar-refractivity contribution in [1.82, 2.24) is 0 Å². The number of sulfonamides is 2. The van der Waals surface area contributed by atoms with Crippen LogP contribution < -0.4 is 13.8 Å². The Morgan fingerprint density at radius 1 is 1.15 bits per heavy atom. The summed E-state index contributed by atoms with van der Waals surface area (Å²) in [5.74, 6) is 0.677. The summed E-state index contributed by atoms with van der Waals surface area (Å²) < 4.78 is 58.4. The highest BCUT2D eigenvalue weighted by Crippen LogP contribution is 2.28. The van der Waals surface area contributed by atoms with Gasteiger partial charge in [-0.25, -0.2) is 16.8 Å². The molecule has 1 aliphatic rings. The Bertz CT molecular complexity index is 1030. The van der Waals surface area contributed by atoms with Gasteiger partial charge in [0.05, 0.1) is 29.1 Å². The maximum absolute atomic E-state index is 12.7. The number of hydrogen-bond acceptors (Lipinski definition) is 5. The van der Waals surface area contributed by atoms with Crippen LogP contribution in [0.1, 0.15) is 12.0 Å². The second kappa shape index (κ2) is 6.81. The fraction of sp³-hybridized carbons (Fsp3) is 0.294. The van der Waals surface area contributed by atoms with Gasteiger partial charge in [-0.1, -0.05) is 6.07 Å². The van der Waals surface area contributed by atoms with E-state index in [1.807, 2.05) is 0 Å². The molecule has 1 aliphatic heterocycles. The molecule has 0 spiro atoms. The maximum atomic E-state index is 12.7. The van der Waals surface area contributed by atoms with Gasteiger partial charge >= 0.3 is 0 Å². The minimum Gasteiger partial charge on any atom is -0.497 e. The second-order valence-electron chi connectivity index (χ2n) is 6.03. The van der Waals surface area contributed by atoms with Crippen molar-refractivity contribution in [1.29, 1.82) is 0 Å². The van der Waals surface area contributed by atoms with Crippen molar-refractivity contribution in [2.75, 3.05) is 28.4 Å². The number of aryl methyl sites for hydroxylation is 1. The van der Waals surface area contributed by atoms with E-state index in [9.17, 15) is 16.8 Å². The largest absolute Gasteiger partial charge is 0.497 e. The average Bonchev–Trinajstić information content (AvgIpc) is 2.93. The summed E-state index contributed by atoms with van der Waals surface area (Å²) in [6, 6.07) is 11.1. The topological polar surface area (TPSA) is 92.8 Å². The number of hydrogen-bond donors (Lipinski definition) is 1. The lowest BCUT2D eigenvalue weighted by atomic mass is 10.2. The summed E-state index contributed by atoms with van der Waals surface area (Å²) in [5, 5.41) is 0. The number of nitrogens with zero attached hydrogens (tertiary/aromatic N) is 1. The van der Waals surface area contributed by atoms with Gasteiger partial charge in [0.1, 0.15) is 5.75 Å². The average molecular weight is 396 g/mol. The smallest absolute Gasteiger partial charge is 0.262 e. The number of ether oxygens (including phenoxy) is 1. The number of rotatable bonds is 5. The molecule has 1 heterocycles. The first kappa shape index (κ1) is 18.5. The summed E-state index contributed by atoms with van der Waals surface area (Å²) in [6.45, 7) is 2.08. The van der Waals surface area contributed by atoms with E-state index in [1.54, 1.807) is 37.3 Å². The number of anilines is 2. The van der Waals surface area contributed by atoms with Crippen LogP contribution in [-0.2, 0) is 20.0 Å². The van der Waals surface area contributed by atoms with E-state index in [1.165, 1.54) is 23.5 Å². The molecule has 2 aromatic carbocycles. The molecule has 26 heavy (non-hydrogen) atoms. The molecule has 3 rings (SSSR count). The van der Waals surface area contributed by atoms with Crippen molar-refractivity contribution in [3.05, 3.63) is 48.0 Å². The molecule has 1 saturated heterocycles. The van der Waals surface area contributed by atoms with Crippen molar-refractivity contribution in [3.8, 4) is 5.75 Å². The first-order valence-electron chi connectivity index (χ1n) is 8.01. The van der Waals surface area contributed by atoms with Gasteiger partial charge in [-0.3, -0.25) is 9.03 Å². The molecular weight excluding hydrogens is 376 g/mol. The second-order valence-corrected chi connectivity index (χ2v) is 9.69. The lowest BCUT2D eigenvalue weighted by Crippen LogP contribution is -2.25. The molecule has 0 unspecified atom stereocenters. The molecule has 1 fully saturated rings. The minimum atomic E-state index is -3.81. The highest BCUT2D eigenvalue weighted by Gasteiger charge is 2.28. The van der Waals surface area contributed by atoms with Crippen LogP contribution in [0.4, 0.5) is 11.4 Å². The molecule has 0 bridgehead atoms. The van der Waals surface area contributed by atoms with E-state index in [-0.39, 0.29) is 10.6 Å². The quantitative estimate of drug-likeness (QED) is 0.837. The van der Waals surface area contributed by atoms with E-state index in [4.69, 9.17) is 4.74 Å². The van der Waals surface area contributed by atoms with Gasteiger partial charge in [-0.15, -0.1) is 0 Å². The molecule has 140 valence electrons. The zero-order valence-corrected chi connectivity index (χ0v) is 16.1. The monoisotopic (exact) mass is 396 g/mol. The van der Waals surface area contributed by atoms with Crippen molar-refractivity contribution in [3.63, 3.8) is 0 Å². The molecule has 0 saturated carbocycles. The SMILES string of the molecule is COc1ccc(S(=O)(=O)Nc2cccc(N3CCCS3(=O)=O)c2)c(C)c1. The zero-order valence-electron chi connectivity index (χ0n) is 14.5. The van der Waals surface area contributed by atoms with Crippen LogP contribution in [0.25, 0.3) is 0 Å². The molecule has 0 aliphatic carbocycles. The zero-order chi connectivity index (χ0) is 18.9. The van der Waals surface area contributed by atoms with Crippen LogP contribution in [0.15, 0.2) is 47.4 Å². The van der Waals surface area contributed by atoms with Gasteiger partial charge in [0.15, 0.2) is 0 Å².